The lowest BCUT2D eigenvalue weighted by atomic mass is 9.81. The Morgan fingerprint density at radius 2 is 1.57 bits per heavy atom. The molecule has 28 heavy (non-hydrogen) atoms. The van der Waals surface area contributed by atoms with Crippen LogP contribution in [0, 0.1) is 5.92 Å². The molecule has 1 N–H and O–H groups in total. The molecular formula is C23H32Cl2N2O. The van der Waals surface area contributed by atoms with Gasteiger partial charge in [0.1, 0.15) is 12.4 Å². The number of nitrogens with zero attached hydrogens (tertiary/aromatic N) is 1. The van der Waals surface area contributed by atoms with E-state index in [-0.39, 0.29) is 24.8 Å². The molecule has 1 fully saturated rings. The Balaban J connectivity index is 0.000000237. The first-order chi connectivity index (χ1) is 12.7. The van der Waals surface area contributed by atoms with E-state index in [1.165, 1.54) is 31.5 Å². The molecule has 0 unspecified atom stereocenters. The van der Waals surface area contributed by atoms with E-state index in [1.807, 2.05) is 12.1 Å². The molecule has 1 saturated heterocycles. The van der Waals surface area contributed by atoms with E-state index in [1.54, 1.807) is 11.1 Å². The second-order valence-electron chi connectivity index (χ2n) is 8.05. The van der Waals surface area contributed by atoms with Crippen molar-refractivity contribution in [3.63, 3.8) is 0 Å². The van der Waals surface area contributed by atoms with Crippen LogP contribution in [0.25, 0.3) is 0 Å². The van der Waals surface area contributed by atoms with E-state index >= 15 is 0 Å². The van der Waals surface area contributed by atoms with E-state index in [9.17, 15) is 0 Å². The number of benzene rings is 2. The Kier molecular flexibility index (Phi) is 8.20. The van der Waals surface area contributed by atoms with Gasteiger partial charge in [-0.2, -0.15) is 0 Å². The third-order valence-corrected chi connectivity index (χ3v) is 6.24. The van der Waals surface area contributed by atoms with Crippen molar-refractivity contribution >= 4 is 24.8 Å². The molecule has 2 aliphatic heterocycles. The second kappa shape index (κ2) is 9.98. The average molecular weight is 423 g/mol. The van der Waals surface area contributed by atoms with E-state index in [2.05, 4.69) is 60.5 Å². The van der Waals surface area contributed by atoms with Crippen molar-refractivity contribution in [3.8, 4) is 5.75 Å². The standard InChI is InChI=1S/C16H24N2.C7H6O.2ClH/c1-13(2)16(18-9-7-17-8-10-18)11-14-5-3-4-6-15(14)12-16;1-2-6-4-7(3-1)8-5-6;;/h3-6,13,17H,7-12H2,1-2H3;1-4H,5H2;2*1H. The largest absolute Gasteiger partial charge is 0.489 e. The molecule has 3 aliphatic rings. The zero-order valence-corrected chi connectivity index (χ0v) is 18.5. The van der Waals surface area contributed by atoms with Crippen molar-refractivity contribution in [1.82, 2.24) is 10.2 Å². The van der Waals surface area contributed by atoms with Crippen LogP contribution in [0.5, 0.6) is 5.75 Å². The number of fused-ring (bicyclic) bond motifs is 3. The van der Waals surface area contributed by atoms with Gasteiger partial charge in [-0.25, -0.2) is 0 Å². The summed E-state index contributed by atoms with van der Waals surface area (Å²) in [5, 5.41) is 3.47. The quantitative estimate of drug-likeness (QED) is 0.770. The maximum absolute atomic E-state index is 5.18. The Bertz CT molecular complexity index is 716. The van der Waals surface area contributed by atoms with Crippen molar-refractivity contribution in [1.29, 1.82) is 0 Å². The number of rotatable bonds is 2. The van der Waals surface area contributed by atoms with Gasteiger partial charge in [0, 0.05) is 31.7 Å². The Hall–Kier alpha value is -1.26. The lowest BCUT2D eigenvalue weighted by molar-refractivity contribution is 0.0412. The molecule has 2 aromatic carbocycles. The highest BCUT2D eigenvalue weighted by Gasteiger charge is 2.44. The Morgan fingerprint density at radius 1 is 0.929 bits per heavy atom. The van der Waals surface area contributed by atoms with Crippen LogP contribution >= 0.6 is 24.8 Å². The van der Waals surface area contributed by atoms with Crippen LogP contribution in [0.3, 0.4) is 0 Å². The molecule has 0 radical (unpaired) electrons. The number of halogens is 2. The van der Waals surface area contributed by atoms with Crippen LogP contribution in [0.4, 0.5) is 0 Å². The molecule has 2 heterocycles. The smallest absolute Gasteiger partial charge is 0.120 e. The molecule has 0 saturated carbocycles. The molecule has 0 aromatic heterocycles. The second-order valence-corrected chi connectivity index (χ2v) is 8.05. The fourth-order valence-electron chi connectivity index (χ4n) is 4.62. The summed E-state index contributed by atoms with van der Waals surface area (Å²) >= 11 is 0. The van der Waals surface area contributed by atoms with Gasteiger partial charge in [0.15, 0.2) is 0 Å². The fourth-order valence-corrected chi connectivity index (χ4v) is 4.62. The highest BCUT2D eigenvalue weighted by Crippen LogP contribution is 2.40. The van der Waals surface area contributed by atoms with Gasteiger partial charge < -0.3 is 10.1 Å². The van der Waals surface area contributed by atoms with Gasteiger partial charge in [-0.05, 0) is 47.6 Å². The number of hydrogen-bond donors (Lipinski definition) is 1. The molecule has 0 spiro atoms. The SMILES string of the molecule is CC(C)C1(N2CCNCC2)Cc2ccccc2C1.Cl.Cl.c1cc2cc(c1)OC2. The van der Waals surface area contributed by atoms with E-state index < -0.39 is 0 Å². The van der Waals surface area contributed by atoms with Gasteiger partial charge in [0.05, 0.1) is 0 Å². The fraction of sp³-hybridized carbons (Fsp3) is 0.478. The van der Waals surface area contributed by atoms with Crippen LogP contribution in [-0.2, 0) is 19.4 Å². The molecule has 2 aromatic rings. The normalized spacial score (nSPS) is 18.8. The summed E-state index contributed by atoms with van der Waals surface area (Å²) in [6.07, 6.45) is 2.47. The average Bonchev–Trinajstić information content (AvgIpc) is 3.23. The van der Waals surface area contributed by atoms with Crippen molar-refractivity contribution < 1.29 is 4.74 Å². The molecule has 0 amide bonds. The highest BCUT2D eigenvalue weighted by molar-refractivity contribution is 5.85. The minimum absolute atomic E-state index is 0. The molecule has 154 valence electrons. The summed E-state index contributed by atoms with van der Waals surface area (Å²) in [6.45, 7) is 10.2. The molecular weight excluding hydrogens is 391 g/mol. The first-order valence-electron chi connectivity index (χ1n) is 9.92. The van der Waals surface area contributed by atoms with Gasteiger partial charge in [0.25, 0.3) is 0 Å². The molecule has 0 atom stereocenters. The van der Waals surface area contributed by atoms with Crippen LogP contribution in [-0.4, -0.2) is 36.6 Å². The zero-order chi connectivity index (χ0) is 18.0. The monoisotopic (exact) mass is 422 g/mol. The molecule has 5 rings (SSSR count). The maximum Gasteiger partial charge on any atom is 0.120 e. The number of nitrogens with one attached hydrogen (secondary N) is 1. The summed E-state index contributed by atoms with van der Waals surface area (Å²) in [4.78, 5) is 2.74. The van der Waals surface area contributed by atoms with Crippen LogP contribution in [0.15, 0.2) is 48.5 Å². The van der Waals surface area contributed by atoms with Crippen LogP contribution in [0.2, 0.25) is 0 Å². The van der Waals surface area contributed by atoms with E-state index in [0.717, 1.165) is 25.4 Å². The highest BCUT2D eigenvalue weighted by atomic mass is 35.5. The minimum atomic E-state index is 0. The van der Waals surface area contributed by atoms with Crippen molar-refractivity contribution in [2.45, 2.75) is 38.8 Å². The van der Waals surface area contributed by atoms with Crippen LogP contribution in [0.1, 0.15) is 30.5 Å². The topological polar surface area (TPSA) is 24.5 Å². The van der Waals surface area contributed by atoms with Crippen molar-refractivity contribution in [2.75, 3.05) is 26.2 Å². The molecule has 3 nitrogen and oxygen atoms in total. The van der Waals surface area contributed by atoms with Gasteiger partial charge >= 0.3 is 0 Å². The summed E-state index contributed by atoms with van der Waals surface area (Å²) < 4.78 is 5.18. The third kappa shape index (κ3) is 4.65. The van der Waals surface area contributed by atoms with Crippen molar-refractivity contribution in [2.24, 2.45) is 5.92 Å². The van der Waals surface area contributed by atoms with Gasteiger partial charge in [-0.1, -0.05) is 50.2 Å². The Labute approximate surface area is 181 Å². The van der Waals surface area contributed by atoms with E-state index in [4.69, 9.17) is 4.74 Å². The van der Waals surface area contributed by atoms with Gasteiger partial charge in [-0.15, -0.1) is 24.8 Å². The summed E-state index contributed by atoms with van der Waals surface area (Å²) in [6, 6.07) is 17.1. The van der Waals surface area contributed by atoms with Crippen molar-refractivity contribution in [3.05, 3.63) is 65.2 Å². The predicted octanol–water partition coefficient (Wildman–Crippen LogP) is 4.51. The molecule has 1 aliphatic carbocycles. The number of piperazine rings is 1. The van der Waals surface area contributed by atoms with Crippen LogP contribution < -0.4 is 10.1 Å². The summed E-state index contributed by atoms with van der Waals surface area (Å²) in [5.74, 6) is 1.71. The lowest BCUT2D eigenvalue weighted by Crippen LogP contribution is -2.59. The number of ether oxygens (including phenoxy) is 1. The number of hydrogen-bond acceptors (Lipinski definition) is 3. The molecule has 2 bridgehead atoms. The first kappa shape index (κ1) is 23.0. The zero-order valence-electron chi connectivity index (χ0n) is 16.8. The van der Waals surface area contributed by atoms with Gasteiger partial charge in [-0.3, -0.25) is 4.90 Å². The molecule has 5 heteroatoms. The summed E-state index contributed by atoms with van der Waals surface area (Å²) in [7, 11) is 0. The third-order valence-electron chi connectivity index (χ3n) is 6.24. The Morgan fingerprint density at radius 3 is 2.11 bits per heavy atom. The van der Waals surface area contributed by atoms with Gasteiger partial charge in [0.2, 0.25) is 0 Å². The lowest BCUT2D eigenvalue weighted by Gasteiger charge is -2.46. The minimum Gasteiger partial charge on any atom is -0.489 e. The maximum atomic E-state index is 5.18. The first-order valence-corrected chi connectivity index (χ1v) is 9.92. The predicted molar refractivity (Wildman–Crippen MR) is 121 cm³/mol. The van der Waals surface area contributed by atoms with E-state index in [0.29, 0.717) is 11.5 Å². The summed E-state index contributed by atoms with van der Waals surface area (Å²) in [5.41, 5.74) is 4.79.